The number of amides is 2. The maximum atomic E-state index is 13.3. The molecule has 166 valence electrons. The third-order valence-electron chi connectivity index (χ3n) is 6.75. The number of H-pyrrole nitrogens is 1. The van der Waals surface area contributed by atoms with Gasteiger partial charge in [-0.3, -0.25) is 9.59 Å². The number of carbonyl (C=O) groups is 2. The van der Waals surface area contributed by atoms with Gasteiger partial charge >= 0.3 is 0 Å². The third kappa shape index (κ3) is 4.02. The van der Waals surface area contributed by atoms with Crippen LogP contribution in [-0.4, -0.2) is 47.0 Å². The van der Waals surface area contributed by atoms with Gasteiger partial charge in [0.15, 0.2) is 6.10 Å². The van der Waals surface area contributed by atoms with Crippen molar-refractivity contribution < 1.29 is 14.3 Å². The topological polar surface area (TPSA) is 74.4 Å². The Hall–Kier alpha value is -3.12. The second kappa shape index (κ2) is 9.17. The van der Waals surface area contributed by atoms with E-state index in [2.05, 4.69) is 16.4 Å². The fourth-order valence-electron chi connectivity index (χ4n) is 5.21. The van der Waals surface area contributed by atoms with Crippen molar-refractivity contribution in [1.29, 1.82) is 0 Å². The largest absolute Gasteiger partial charge is 0.361 e. The second-order valence-electron chi connectivity index (χ2n) is 8.73. The van der Waals surface area contributed by atoms with E-state index in [1.165, 1.54) is 10.9 Å². The minimum absolute atomic E-state index is 0.0198. The molecule has 3 aromatic rings. The summed E-state index contributed by atoms with van der Waals surface area (Å²) in [5.41, 5.74) is 3.22. The summed E-state index contributed by atoms with van der Waals surface area (Å²) >= 11 is 0. The number of morpholine rings is 1. The summed E-state index contributed by atoms with van der Waals surface area (Å²) in [5.74, 6) is -0.178. The number of para-hydroxylation sites is 1. The molecule has 6 nitrogen and oxygen atoms in total. The molecule has 0 radical (unpaired) electrons. The lowest BCUT2D eigenvalue weighted by atomic mass is 9.95. The summed E-state index contributed by atoms with van der Waals surface area (Å²) in [6.45, 7) is 0.472. The predicted octanol–water partition coefficient (Wildman–Crippen LogP) is 3.74. The molecule has 0 bridgehead atoms. The number of nitrogens with zero attached hydrogens (tertiary/aromatic N) is 1. The van der Waals surface area contributed by atoms with Gasteiger partial charge < -0.3 is 19.9 Å². The SMILES string of the molecule is O=C(NCCc1c[nH]c2ccccc12)[C@H]1OCC(=O)N(C2CCCC2)[C@@H]1c1ccccc1. The van der Waals surface area contributed by atoms with Gasteiger partial charge in [-0.25, -0.2) is 0 Å². The highest BCUT2D eigenvalue weighted by Gasteiger charge is 2.44. The molecule has 0 unspecified atom stereocenters. The first-order chi connectivity index (χ1) is 15.7. The summed E-state index contributed by atoms with van der Waals surface area (Å²) in [6, 6.07) is 17.8. The molecule has 32 heavy (non-hydrogen) atoms. The van der Waals surface area contributed by atoms with Gasteiger partial charge in [0, 0.05) is 29.7 Å². The summed E-state index contributed by atoms with van der Waals surface area (Å²) in [7, 11) is 0. The van der Waals surface area contributed by atoms with Gasteiger partial charge in [-0.05, 0) is 36.5 Å². The Kier molecular flexibility index (Phi) is 5.95. The molecule has 2 heterocycles. The van der Waals surface area contributed by atoms with Crippen molar-refractivity contribution in [1.82, 2.24) is 15.2 Å². The van der Waals surface area contributed by atoms with Crippen LogP contribution in [0.2, 0.25) is 0 Å². The average molecular weight is 432 g/mol. The van der Waals surface area contributed by atoms with Crippen LogP contribution < -0.4 is 5.32 Å². The molecule has 2 aliphatic rings. The average Bonchev–Trinajstić information content (AvgIpc) is 3.50. The molecule has 5 rings (SSSR count). The maximum Gasteiger partial charge on any atom is 0.251 e. The molecule has 6 heteroatoms. The van der Waals surface area contributed by atoms with Gasteiger partial charge in [-0.1, -0.05) is 61.4 Å². The van der Waals surface area contributed by atoms with Gasteiger partial charge in [-0.2, -0.15) is 0 Å². The first-order valence-electron chi connectivity index (χ1n) is 11.5. The Morgan fingerprint density at radius 1 is 1.06 bits per heavy atom. The van der Waals surface area contributed by atoms with Crippen LogP contribution in [0.1, 0.15) is 42.9 Å². The molecular weight excluding hydrogens is 402 g/mol. The van der Waals surface area contributed by atoms with E-state index in [4.69, 9.17) is 4.74 Å². The fraction of sp³-hybridized carbons (Fsp3) is 0.385. The maximum absolute atomic E-state index is 13.3. The lowest BCUT2D eigenvalue weighted by Gasteiger charge is -2.43. The number of rotatable bonds is 6. The van der Waals surface area contributed by atoms with Gasteiger partial charge in [0.05, 0.1) is 6.04 Å². The molecule has 1 saturated heterocycles. The van der Waals surface area contributed by atoms with Crippen molar-refractivity contribution in [3.63, 3.8) is 0 Å². The highest BCUT2D eigenvalue weighted by Crippen LogP contribution is 2.37. The summed E-state index contributed by atoms with van der Waals surface area (Å²) < 4.78 is 5.86. The minimum atomic E-state index is -0.710. The van der Waals surface area contributed by atoms with Crippen LogP contribution in [0.3, 0.4) is 0 Å². The van der Waals surface area contributed by atoms with Crippen molar-refractivity contribution in [2.24, 2.45) is 0 Å². The molecule has 2 aromatic carbocycles. The fourth-order valence-corrected chi connectivity index (χ4v) is 5.21. The number of ether oxygens (including phenoxy) is 1. The van der Waals surface area contributed by atoms with E-state index < -0.39 is 12.1 Å². The summed E-state index contributed by atoms with van der Waals surface area (Å²) in [6.07, 6.45) is 6.24. The molecule has 1 aliphatic carbocycles. The quantitative estimate of drug-likeness (QED) is 0.624. The van der Waals surface area contributed by atoms with Crippen LogP contribution >= 0.6 is 0 Å². The van der Waals surface area contributed by atoms with Crippen LogP contribution in [0.25, 0.3) is 10.9 Å². The van der Waals surface area contributed by atoms with Crippen LogP contribution in [0, 0.1) is 0 Å². The normalized spacial score (nSPS) is 21.9. The van der Waals surface area contributed by atoms with E-state index in [0.29, 0.717) is 6.54 Å². The van der Waals surface area contributed by atoms with Gasteiger partial charge in [0.2, 0.25) is 5.91 Å². The van der Waals surface area contributed by atoms with Crippen LogP contribution in [0.5, 0.6) is 0 Å². The molecule has 1 aromatic heterocycles. The van der Waals surface area contributed by atoms with E-state index in [-0.39, 0.29) is 24.5 Å². The number of nitrogens with one attached hydrogen (secondary N) is 2. The Labute approximate surface area is 187 Å². The Morgan fingerprint density at radius 3 is 2.62 bits per heavy atom. The van der Waals surface area contributed by atoms with E-state index in [9.17, 15) is 9.59 Å². The molecule has 0 spiro atoms. The standard InChI is InChI=1S/C26H29N3O3/c30-23-17-32-25(24(18-8-2-1-3-9-18)29(23)20-10-4-5-11-20)26(31)27-15-14-19-16-28-22-13-7-6-12-21(19)22/h1-3,6-9,12-13,16,20,24-25,28H,4-5,10-11,14-15,17H2,(H,27,31)/t24-,25+/m1/s1. The second-order valence-corrected chi connectivity index (χ2v) is 8.73. The lowest BCUT2D eigenvalue weighted by molar-refractivity contribution is -0.168. The van der Waals surface area contributed by atoms with E-state index in [1.807, 2.05) is 59.6 Å². The third-order valence-corrected chi connectivity index (χ3v) is 6.75. The lowest BCUT2D eigenvalue weighted by Crippen LogP contribution is -2.57. The number of hydrogen-bond acceptors (Lipinski definition) is 3. The number of aromatic amines is 1. The van der Waals surface area contributed by atoms with Crippen molar-refractivity contribution in [3.8, 4) is 0 Å². The molecular formula is C26H29N3O3. The number of hydrogen-bond donors (Lipinski definition) is 2. The first-order valence-corrected chi connectivity index (χ1v) is 11.5. The Morgan fingerprint density at radius 2 is 1.81 bits per heavy atom. The number of benzene rings is 2. The molecule has 2 N–H and O–H groups in total. The molecule has 1 aliphatic heterocycles. The zero-order valence-corrected chi connectivity index (χ0v) is 18.1. The van der Waals surface area contributed by atoms with E-state index in [1.54, 1.807) is 0 Å². The first kappa shape index (κ1) is 20.8. The Bertz CT molecular complexity index is 1090. The van der Waals surface area contributed by atoms with Gasteiger partial charge in [-0.15, -0.1) is 0 Å². The van der Waals surface area contributed by atoms with E-state index in [0.717, 1.165) is 43.2 Å². The zero-order chi connectivity index (χ0) is 21.9. The smallest absolute Gasteiger partial charge is 0.251 e. The van der Waals surface area contributed by atoms with Crippen molar-refractivity contribution >= 4 is 22.7 Å². The van der Waals surface area contributed by atoms with Crippen LogP contribution in [-0.2, 0) is 20.7 Å². The monoisotopic (exact) mass is 431 g/mol. The highest BCUT2D eigenvalue weighted by atomic mass is 16.5. The number of fused-ring (bicyclic) bond motifs is 1. The molecule has 1 saturated carbocycles. The zero-order valence-electron chi connectivity index (χ0n) is 18.1. The molecule has 2 amide bonds. The van der Waals surface area contributed by atoms with Crippen LogP contribution in [0.4, 0.5) is 0 Å². The molecule has 2 atom stereocenters. The summed E-state index contributed by atoms with van der Waals surface area (Å²) in [5, 5.41) is 4.24. The van der Waals surface area contributed by atoms with Gasteiger partial charge in [0.1, 0.15) is 6.61 Å². The van der Waals surface area contributed by atoms with E-state index >= 15 is 0 Å². The van der Waals surface area contributed by atoms with Crippen LogP contribution in [0.15, 0.2) is 60.8 Å². The number of carbonyl (C=O) groups excluding carboxylic acids is 2. The van der Waals surface area contributed by atoms with Crippen molar-refractivity contribution in [3.05, 3.63) is 71.9 Å². The van der Waals surface area contributed by atoms with Crippen molar-refractivity contribution in [2.75, 3.05) is 13.2 Å². The minimum Gasteiger partial charge on any atom is -0.361 e. The highest BCUT2D eigenvalue weighted by molar-refractivity contribution is 5.87. The Balaban J connectivity index is 1.33. The predicted molar refractivity (Wildman–Crippen MR) is 123 cm³/mol. The molecule has 2 fully saturated rings. The van der Waals surface area contributed by atoms with Gasteiger partial charge in [0.25, 0.3) is 5.91 Å². The summed E-state index contributed by atoms with van der Waals surface area (Å²) in [4.78, 5) is 31.4. The van der Waals surface area contributed by atoms with Crippen molar-refractivity contribution in [2.45, 2.75) is 50.3 Å². The number of aromatic nitrogens is 1.